The lowest BCUT2D eigenvalue weighted by atomic mass is 9.95. The van der Waals surface area contributed by atoms with Crippen molar-refractivity contribution in [1.82, 2.24) is 29.9 Å². The third kappa shape index (κ3) is 6.17. The minimum Gasteiger partial charge on any atom is -0.346 e. The molecule has 2 aliphatic carbocycles. The van der Waals surface area contributed by atoms with Crippen molar-refractivity contribution in [2.75, 3.05) is 0 Å². The lowest BCUT2D eigenvalue weighted by Crippen LogP contribution is -2.29. The van der Waals surface area contributed by atoms with E-state index < -0.39 is 0 Å². The first-order chi connectivity index (χ1) is 23.5. The first-order valence-corrected chi connectivity index (χ1v) is 16.2. The molecule has 48 heavy (non-hydrogen) atoms. The van der Waals surface area contributed by atoms with Gasteiger partial charge in [-0.1, -0.05) is 9.37 Å². The number of carbonyl (C=O) groups excluding carboxylic acids is 2. The summed E-state index contributed by atoms with van der Waals surface area (Å²) >= 11 is 0. The van der Waals surface area contributed by atoms with Crippen molar-refractivity contribution in [3.8, 4) is 12.1 Å². The molecule has 4 aromatic rings. The number of hydrogen-bond donors (Lipinski definition) is 2. The van der Waals surface area contributed by atoms with Gasteiger partial charge in [0.1, 0.15) is 47.4 Å². The molecule has 4 aromatic heterocycles. The number of Topliss-reactive ketones (excluding diaryl/α,β-unsaturated/α-hetero) is 2. The number of aromatic amines is 2. The van der Waals surface area contributed by atoms with Gasteiger partial charge in [-0.2, -0.15) is 10.5 Å². The smallest absolute Gasteiger partial charge is 0.199 e. The van der Waals surface area contributed by atoms with Crippen molar-refractivity contribution in [2.45, 2.75) is 75.3 Å². The van der Waals surface area contributed by atoms with Gasteiger partial charge in [-0.3, -0.25) is 9.59 Å². The Labute approximate surface area is 275 Å². The summed E-state index contributed by atoms with van der Waals surface area (Å²) in [4.78, 5) is 46.6. The molecule has 0 spiro atoms. The largest absolute Gasteiger partial charge is 0.346 e. The zero-order chi connectivity index (χ0) is 33.0. The molecule has 2 saturated carbocycles. The van der Waals surface area contributed by atoms with E-state index in [2.05, 4.69) is 52.2 Å². The van der Waals surface area contributed by atoms with Crippen LogP contribution in [0.3, 0.4) is 0 Å². The number of rotatable bonds is 8. The fraction of sp³-hybridized carbons (Fsp3) is 0.412. The quantitative estimate of drug-likeness (QED) is 0.272. The van der Waals surface area contributed by atoms with Gasteiger partial charge in [0.15, 0.2) is 24.5 Å². The number of carbonyl (C=O) groups is 2. The standard InChI is InChI=1S/2C17H17N6O/c2*18-5-3-15(11-1-2-13(24)7-11)23-9-12(8-22-23)16-14-4-6-19-17(14)21-10-20-16/h2*4,6,8-12,15H,1-3,7H2,(H,19,20,21)/q2*+1/t2*11-,12?,15?/m10/s1. The van der Waals surface area contributed by atoms with E-state index in [1.807, 2.05) is 58.8 Å². The van der Waals surface area contributed by atoms with Crippen LogP contribution < -0.4 is 0 Å². The monoisotopic (exact) mass is 642 g/mol. The maximum Gasteiger partial charge on any atom is 0.199 e. The van der Waals surface area contributed by atoms with Crippen molar-refractivity contribution in [3.63, 3.8) is 0 Å². The Kier molecular flexibility index (Phi) is 8.71. The Morgan fingerprint density at radius 2 is 1.19 bits per heavy atom. The van der Waals surface area contributed by atoms with Crippen molar-refractivity contribution in [1.29, 1.82) is 10.5 Å². The second kappa shape index (κ2) is 13.5. The molecule has 6 atom stereocenters. The lowest BCUT2D eigenvalue weighted by Gasteiger charge is -2.13. The van der Waals surface area contributed by atoms with E-state index in [9.17, 15) is 9.59 Å². The maximum absolute atomic E-state index is 11.6. The number of fused-ring (bicyclic) bond motifs is 2. The van der Waals surface area contributed by atoms with Crippen LogP contribution in [-0.4, -0.2) is 87.8 Å². The molecule has 0 bridgehead atoms. The van der Waals surface area contributed by atoms with Gasteiger partial charge in [0.2, 0.25) is 0 Å². The summed E-state index contributed by atoms with van der Waals surface area (Å²) in [6.45, 7) is 0. The highest BCUT2D eigenvalue weighted by Crippen LogP contribution is 2.32. The molecule has 0 saturated heterocycles. The number of H-pyrrole nitrogens is 2. The van der Waals surface area contributed by atoms with Gasteiger partial charge in [-0.25, -0.2) is 19.9 Å². The lowest BCUT2D eigenvalue weighted by molar-refractivity contribution is -0.572. The van der Waals surface area contributed by atoms with Crippen molar-refractivity contribution in [3.05, 3.63) is 48.6 Å². The van der Waals surface area contributed by atoms with Crippen LogP contribution in [0.15, 0.2) is 47.4 Å². The molecule has 4 unspecified atom stereocenters. The van der Waals surface area contributed by atoms with Crippen LogP contribution >= 0.6 is 0 Å². The first kappa shape index (κ1) is 30.9. The summed E-state index contributed by atoms with van der Waals surface area (Å²) in [5.41, 5.74) is 3.39. The Balaban J connectivity index is 0.000000152. The number of nitriles is 2. The van der Waals surface area contributed by atoms with Crippen molar-refractivity contribution in [2.24, 2.45) is 22.0 Å². The van der Waals surface area contributed by atoms with E-state index >= 15 is 0 Å². The van der Waals surface area contributed by atoms with Gasteiger partial charge in [0, 0.05) is 60.7 Å². The first-order valence-electron chi connectivity index (χ1n) is 16.2. The molecule has 8 rings (SSSR count). The third-order valence-electron chi connectivity index (χ3n) is 9.69. The van der Waals surface area contributed by atoms with E-state index in [1.54, 1.807) is 12.7 Å². The number of ketones is 2. The van der Waals surface area contributed by atoms with E-state index in [0.29, 0.717) is 38.5 Å². The number of hydrazone groups is 2. The molecule has 14 nitrogen and oxygen atoms in total. The highest BCUT2D eigenvalue weighted by molar-refractivity contribution is 5.95. The average molecular weight is 643 g/mol. The SMILES string of the molecule is N#CCC([C@@H]1CCC(=O)C1)[N+]1=CC(c2ncnc3[nH]ccc23)C=N1.N#CCC([C@H]1CCC(=O)C1)[N+]1=CC(c2ncnc3[nH]ccc23)C=N1. The fourth-order valence-electron chi connectivity index (χ4n) is 7.25. The van der Waals surface area contributed by atoms with E-state index in [-0.39, 0.29) is 47.3 Å². The minimum atomic E-state index is -0.0513. The normalized spacial score (nSPS) is 24.3. The zero-order valence-electron chi connectivity index (χ0n) is 26.2. The molecule has 2 N–H and O–H groups in total. The van der Waals surface area contributed by atoms with Crippen LogP contribution in [0.25, 0.3) is 22.1 Å². The van der Waals surface area contributed by atoms with Gasteiger partial charge in [-0.05, 0) is 35.2 Å². The molecule has 14 heteroatoms. The van der Waals surface area contributed by atoms with Gasteiger partial charge in [0.05, 0.1) is 48.8 Å². The Hall–Kier alpha value is -5.76. The van der Waals surface area contributed by atoms with E-state index in [1.165, 1.54) is 0 Å². The summed E-state index contributed by atoms with van der Waals surface area (Å²) < 4.78 is 3.72. The molecule has 2 aliphatic heterocycles. The Morgan fingerprint density at radius 3 is 1.58 bits per heavy atom. The third-order valence-corrected chi connectivity index (χ3v) is 9.69. The number of hydrogen-bond acceptors (Lipinski definition) is 10. The summed E-state index contributed by atoms with van der Waals surface area (Å²) in [5, 5.41) is 29.3. The van der Waals surface area contributed by atoms with Crippen LogP contribution in [-0.2, 0) is 9.59 Å². The molecule has 0 amide bonds. The average Bonchev–Trinajstić information content (AvgIpc) is 3.95. The van der Waals surface area contributed by atoms with Crippen LogP contribution in [0, 0.1) is 34.5 Å². The van der Waals surface area contributed by atoms with Gasteiger partial charge < -0.3 is 9.97 Å². The topological polar surface area (TPSA) is 196 Å². The molecular weight excluding hydrogens is 608 g/mol. The molecule has 0 aromatic carbocycles. The second-order valence-corrected chi connectivity index (χ2v) is 12.6. The van der Waals surface area contributed by atoms with Gasteiger partial charge >= 0.3 is 0 Å². The van der Waals surface area contributed by atoms with Crippen LogP contribution in [0.1, 0.15) is 74.6 Å². The van der Waals surface area contributed by atoms with Crippen LogP contribution in [0.5, 0.6) is 0 Å². The molecule has 6 heterocycles. The molecular formula is C34H34N12O2+2. The highest BCUT2D eigenvalue weighted by Gasteiger charge is 2.40. The van der Waals surface area contributed by atoms with Gasteiger partial charge in [-0.15, -0.1) is 0 Å². The molecule has 4 aliphatic rings. The van der Waals surface area contributed by atoms with Gasteiger partial charge in [0.25, 0.3) is 0 Å². The summed E-state index contributed by atoms with van der Waals surface area (Å²) in [7, 11) is 0. The maximum atomic E-state index is 11.6. The van der Waals surface area contributed by atoms with Crippen LogP contribution in [0.2, 0.25) is 0 Å². The summed E-state index contributed by atoms with van der Waals surface area (Å²) in [6, 6.07) is 8.29. The summed E-state index contributed by atoms with van der Waals surface area (Å²) in [6.07, 6.45) is 19.2. The highest BCUT2D eigenvalue weighted by atomic mass is 16.1. The number of nitrogens with zero attached hydrogens (tertiary/aromatic N) is 10. The minimum absolute atomic E-state index is 0.0498. The molecule has 240 valence electrons. The van der Waals surface area contributed by atoms with Crippen LogP contribution in [0.4, 0.5) is 0 Å². The van der Waals surface area contributed by atoms with Crippen molar-refractivity contribution >= 4 is 58.5 Å². The molecule has 2 fully saturated rings. The van der Waals surface area contributed by atoms with E-state index in [4.69, 9.17) is 10.5 Å². The zero-order valence-corrected chi connectivity index (χ0v) is 26.2. The Morgan fingerprint density at radius 1 is 0.729 bits per heavy atom. The number of nitrogens with one attached hydrogen (secondary N) is 2. The number of aromatic nitrogens is 6. The van der Waals surface area contributed by atoms with Crippen molar-refractivity contribution < 1.29 is 19.0 Å². The summed E-state index contributed by atoms with van der Waals surface area (Å²) in [5.74, 6) is 0.859. The fourth-order valence-corrected chi connectivity index (χ4v) is 7.25. The predicted molar refractivity (Wildman–Crippen MR) is 176 cm³/mol. The predicted octanol–water partition coefficient (Wildman–Crippen LogP) is 3.55. The Bertz CT molecular complexity index is 1930. The second-order valence-electron chi connectivity index (χ2n) is 12.6. The molecule has 0 radical (unpaired) electrons. The van der Waals surface area contributed by atoms with E-state index in [0.717, 1.165) is 46.3 Å².